The number of carboxylic acids is 1. The van der Waals surface area contributed by atoms with Crippen LogP contribution in [0.4, 0.5) is 17.3 Å². The molecule has 2 atom stereocenters. The molecule has 2 heterocycles. The average molecular weight is 528 g/mol. The van der Waals surface area contributed by atoms with Gasteiger partial charge in [0.25, 0.3) is 5.91 Å². The molecule has 2 aromatic carbocycles. The molecule has 2 unspecified atom stereocenters. The number of aromatic nitrogens is 2. The first kappa shape index (κ1) is 27.1. The molecule has 0 radical (unpaired) electrons. The van der Waals surface area contributed by atoms with Crippen molar-refractivity contribution in [2.45, 2.75) is 37.8 Å². The van der Waals surface area contributed by atoms with E-state index in [1.165, 1.54) is 7.05 Å². The van der Waals surface area contributed by atoms with Crippen molar-refractivity contribution in [2.75, 3.05) is 23.8 Å². The Morgan fingerprint density at radius 1 is 1.21 bits per heavy atom. The van der Waals surface area contributed by atoms with Crippen molar-refractivity contribution >= 4 is 35.6 Å². The molecule has 39 heavy (non-hydrogen) atoms. The molecule has 0 spiro atoms. The van der Waals surface area contributed by atoms with Crippen molar-refractivity contribution in [1.29, 1.82) is 5.26 Å². The molecule has 11 nitrogen and oxygen atoms in total. The first-order valence-corrected chi connectivity index (χ1v) is 12.4. The van der Waals surface area contributed by atoms with Crippen molar-refractivity contribution in [2.24, 2.45) is 0 Å². The summed E-state index contributed by atoms with van der Waals surface area (Å²) in [6.07, 6.45) is 5.31. The number of nitrogens with zero attached hydrogens (tertiary/aromatic N) is 5. The van der Waals surface area contributed by atoms with Gasteiger partial charge in [-0.15, -0.1) is 0 Å². The summed E-state index contributed by atoms with van der Waals surface area (Å²) in [4.78, 5) is 46.6. The van der Waals surface area contributed by atoms with Crippen LogP contribution in [0.3, 0.4) is 0 Å². The molecular weight excluding hydrogens is 498 g/mol. The second-order valence-electron chi connectivity index (χ2n) is 9.67. The van der Waals surface area contributed by atoms with Crippen LogP contribution in [0.5, 0.6) is 0 Å². The van der Waals surface area contributed by atoms with Crippen molar-refractivity contribution in [3.05, 3.63) is 66.4 Å². The van der Waals surface area contributed by atoms with Crippen LogP contribution in [0.1, 0.15) is 36.5 Å². The first-order valence-electron chi connectivity index (χ1n) is 12.4. The van der Waals surface area contributed by atoms with Gasteiger partial charge in [0.05, 0.1) is 12.1 Å². The van der Waals surface area contributed by atoms with Gasteiger partial charge in [-0.25, -0.2) is 14.9 Å². The van der Waals surface area contributed by atoms with Crippen LogP contribution in [0.2, 0.25) is 0 Å². The largest absolute Gasteiger partial charge is 0.481 e. The normalized spacial score (nSPS) is 18.5. The third-order valence-corrected chi connectivity index (χ3v) is 6.85. The summed E-state index contributed by atoms with van der Waals surface area (Å²) in [7, 11) is 1.41. The molecule has 1 aliphatic heterocycles. The number of anilines is 3. The smallest absolute Gasteiger partial charge is 0.305 e. The Bertz CT molecular complexity index is 1390. The van der Waals surface area contributed by atoms with Gasteiger partial charge in [0.2, 0.25) is 12.4 Å². The number of hydrogen-bond donors (Lipinski definition) is 3. The van der Waals surface area contributed by atoms with Gasteiger partial charge in [-0.3, -0.25) is 14.4 Å². The SMILES string of the molecule is CN(C#N)C(=O)c1ccc(-c2ccnc(Nc3ccc(N4CCC(NC=O)CC4(C)CC(=O)O)cc3)n2)cc1. The number of amides is 2. The lowest BCUT2D eigenvalue weighted by Crippen LogP contribution is -2.57. The standard InChI is InChI=1S/C28H29N7O4/c1-28(16-25(37)38)15-22(31-18-36)12-14-35(28)23-9-7-21(8-10-23)32-27-30-13-11-24(33-27)19-3-5-20(6-4-19)26(39)34(2)17-29/h3-11,13,18,22H,12,14-16H2,1-2H3,(H,31,36)(H,37,38)(H,30,32,33). The minimum absolute atomic E-state index is 0.0468. The van der Waals surface area contributed by atoms with E-state index in [4.69, 9.17) is 5.26 Å². The lowest BCUT2D eigenvalue weighted by atomic mass is 9.82. The third-order valence-electron chi connectivity index (χ3n) is 6.85. The summed E-state index contributed by atoms with van der Waals surface area (Å²) in [5.41, 5.74) is 2.85. The number of carbonyl (C=O) groups excluding carboxylic acids is 2. The van der Waals surface area contributed by atoms with Crippen LogP contribution >= 0.6 is 0 Å². The topological polar surface area (TPSA) is 152 Å². The van der Waals surface area contributed by atoms with Crippen molar-refractivity contribution in [3.8, 4) is 17.5 Å². The van der Waals surface area contributed by atoms with E-state index in [0.29, 0.717) is 36.6 Å². The molecule has 0 bridgehead atoms. The lowest BCUT2D eigenvalue weighted by molar-refractivity contribution is -0.138. The zero-order valence-electron chi connectivity index (χ0n) is 21.7. The van der Waals surface area contributed by atoms with Gasteiger partial charge in [0.1, 0.15) is 0 Å². The highest BCUT2D eigenvalue weighted by Gasteiger charge is 2.40. The molecule has 200 valence electrons. The zero-order valence-corrected chi connectivity index (χ0v) is 21.7. The Balaban J connectivity index is 1.48. The molecule has 2 amide bonds. The van der Waals surface area contributed by atoms with E-state index < -0.39 is 11.5 Å². The molecule has 4 rings (SSSR count). The van der Waals surface area contributed by atoms with Gasteiger partial charge in [0, 0.05) is 53.9 Å². The van der Waals surface area contributed by atoms with Crippen LogP contribution in [0, 0.1) is 11.5 Å². The van der Waals surface area contributed by atoms with Crippen LogP contribution < -0.4 is 15.5 Å². The number of nitrogens with one attached hydrogen (secondary N) is 2. The number of carboxylic acid groups (broad SMARTS) is 1. The summed E-state index contributed by atoms with van der Waals surface area (Å²) in [6.45, 7) is 2.53. The average Bonchev–Trinajstić information content (AvgIpc) is 2.93. The quantitative estimate of drug-likeness (QED) is 0.216. The molecule has 0 aliphatic carbocycles. The minimum Gasteiger partial charge on any atom is -0.481 e. The molecular formula is C28H29N7O4. The van der Waals surface area contributed by atoms with E-state index in [9.17, 15) is 19.5 Å². The van der Waals surface area contributed by atoms with E-state index in [1.54, 1.807) is 42.7 Å². The highest BCUT2D eigenvalue weighted by Crippen LogP contribution is 2.36. The van der Waals surface area contributed by atoms with E-state index in [0.717, 1.165) is 28.3 Å². The van der Waals surface area contributed by atoms with Crippen LogP contribution in [0.15, 0.2) is 60.8 Å². The van der Waals surface area contributed by atoms with E-state index in [-0.39, 0.29) is 18.4 Å². The fraction of sp³-hybridized carbons (Fsp3) is 0.286. The summed E-state index contributed by atoms with van der Waals surface area (Å²) >= 11 is 0. The lowest BCUT2D eigenvalue weighted by Gasteiger charge is -2.48. The van der Waals surface area contributed by atoms with E-state index in [1.807, 2.05) is 31.2 Å². The van der Waals surface area contributed by atoms with Gasteiger partial charge < -0.3 is 20.6 Å². The molecule has 1 aliphatic rings. The Morgan fingerprint density at radius 3 is 2.56 bits per heavy atom. The summed E-state index contributed by atoms with van der Waals surface area (Å²) in [5.74, 6) is -0.885. The van der Waals surface area contributed by atoms with Gasteiger partial charge in [-0.05, 0) is 62.2 Å². The third kappa shape index (κ3) is 6.30. The Labute approximate surface area is 226 Å². The monoisotopic (exact) mass is 527 g/mol. The Kier molecular flexibility index (Phi) is 8.05. The predicted molar refractivity (Wildman–Crippen MR) is 145 cm³/mol. The van der Waals surface area contributed by atoms with Gasteiger partial charge >= 0.3 is 5.97 Å². The van der Waals surface area contributed by atoms with Crippen molar-refractivity contribution in [3.63, 3.8) is 0 Å². The summed E-state index contributed by atoms with van der Waals surface area (Å²) in [5, 5.41) is 24.4. The van der Waals surface area contributed by atoms with Gasteiger partial charge in [-0.1, -0.05) is 12.1 Å². The zero-order chi connectivity index (χ0) is 28.0. The van der Waals surface area contributed by atoms with Gasteiger partial charge in [-0.2, -0.15) is 5.26 Å². The molecule has 11 heteroatoms. The molecule has 1 fully saturated rings. The number of aliphatic carboxylic acids is 1. The fourth-order valence-electron chi connectivity index (χ4n) is 4.93. The molecule has 1 saturated heterocycles. The first-order chi connectivity index (χ1) is 18.7. The fourth-order valence-corrected chi connectivity index (χ4v) is 4.93. The second kappa shape index (κ2) is 11.6. The number of hydrogen-bond acceptors (Lipinski definition) is 8. The maximum absolute atomic E-state index is 12.2. The summed E-state index contributed by atoms with van der Waals surface area (Å²) < 4.78 is 0. The molecule has 3 N–H and O–H groups in total. The molecule has 3 aromatic rings. The maximum Gasteiger partial charge on any atom is 0.305 e. The molecule has 1 aromatic heterocycles. The number of nitriles is 1. The van der Waals surface area contributed by atoms with E-state index in [2.05, 4.69) is 25.5 Å². The number of benzene rings is 2. The van der Waals surface area contributed by atoms with Crippen LogP contribution in [-0.2, 0) is 9.59 Å². The van der Waals surface area contributed by atoms with Crippen molar-refractivity contribution < 1.29 is 19.5 Å². The highest BCUT2D eigenvalue weighted by atomic mass is 16.4. The van der Waals surface area contributed by atoms with Crippen LogP contribution in [0.25, 0.3) is 11.3 Å². The number of carbonyl (C=O) groups is 3. The number of piperidine rings is 1. The minimum atomic E-state index is -0.889. The number of rotatable bonds is 9. The molecule has 0 saturated carbocycles. The Morgan fingerprint density at radius 2 is 1.92 bits per heavy atom. The van der Waals surface area contributed by atoms with Crippen LogP contribution in [-0.4, -0.2) is 63.4 Å². The predicted octanol–water partition coefficient (Wildman–Crippen LogP) is 3.39. The Hall–Kier alpha value is -4.98. The summed E-state index contributed by atoms with van der Waals surface area (Å²) in [6, 6.07) is 16.1. The van der Waals surface area contributed by atoms with Crippen molar-refractivity contribution in [1.82, 2.24) is 20.2 Å². The van der Waals surface area contributed by atoms with Gasteiger partial charge in [0.15, 0.2) is 6.19 Å². The highest BCUT2D eigenvalue weighted by molar-refractivity contribution is 5.95. The maximum atomic E-state index is 12.2. The second-order valence-corrected chi connectivity index (χ2v) is 9.67. The van der Waals surface area contributed by atoms with E-state index >= 15 is 0 Å².